The van der Waals surface area contributed by atoms with Crippen LogP contribution in [0.5, 0.6) is 11.5 Å². The van der Waals surface area contributed by atoms with Gasteiger partial charge in [0.25, 0.3) is 0 Å². The number of aromatic hydroxyl groups is 2. The van der Waals surface area contributed by atoms with Gasteiger partial charge in [-0.25, -0.2) is 0 Å². The molecule has 0 amide bonds. The minimum Gasteiger partial charge on any atom is -0.508 e. The summed E-state index contributed by atoms with van der Waals surface area (Å²) in [7, 11) is 0. The van der Waals surface area contributed by atoms with Crippen LogP contribution in [-0.4, -0.2) is 22.8 Å². The van der Waals surface area contributed by atoms with Gasteiger partial charge in [-0.05, 0) is 54.7 Å². The van der Waals surface area contributed by atoms with Crippen molar-refractivity contribution in [2.75, 3.05) is 6.61 Å². The summed E-state index contributed by atoms with van der Waals surface area (Å²) >= 11 is 0. The molecule has 0 atom stereocenters. The topological polar surface area (TPSA) is 66.8 Å². The van der Waals surface area contributed by atoms with Gasteiger partial charge in [0, 0.05) is 11.8 Å². The fraction of sp³-hybridized carbons (Fsp3) is 0.381. The lowest BCUT2D eigenvalue weighted by atomic mass is 9.78. The van der Waals surface area contributed by atoms with Crippen molar-refractivity contribution in [3.8, 4) is 11.5 Å². The van der Waals surface area contributed by atoms with Crippen molar-refractivity contribution in [2.45, 2.75) is 44.9 Å². The maximum absolute atomic E-state index is 10.5. The molecule has 0 unspecified atom stereocenters. The molecular weight excluding hydrogens is 316 g/mol. The largest absolute Gasteiger partial charge is 0.508 e. The maximum atomic E-state index is 10.5. The first-order valence-electron chi connectivity index (χ1n) is 8.64. The monoisotopic (exact) mass is 342 g/mol. The quantitative estimate of drug-likeness (QED) is 0.787. The van der Waals surface area contributed by atoms with Crippen LogP contribution in [0.15, 0.2) is 48.5 Å². The van der Waals surface area contributed by atoms with E-state index < -0.39 is 0 Å². The summed E-state index contributed by atoms with van der Waals surface area (Å²) in [5.74, 6) is 0.521. The van der Waals surface area contributed by atoms with Gasteiger partial charge < -0.3 is 14.9 Å². The van der Waals surface area contributed by atoms with E-state index in [0.717, 1.165) is 30.4 Å². The molecule has 4 nitrogen and oxygen atoms in total. The second-order valence-electron chi connectivity index (χ2n) is 6.75. The van der Waals surface area contributed by atoms with Gasteiger partial charge >= 0.3 is 5.97 Å². The predicted molar refractivity (Wildman–Crippen MR) is 97.8 cm³/mol. The smallest absolute Gasteiger partial charge is 0.305 e. The fourth-order valence-electron chi connectivity index (χ4n) is 2.73. The number of esters is 1. The molecule has 3 rings (SSSR count). The standard InChI is InChI=1S/C15H16O2.C6H10O2/c1-15(2,11-3-7-13(16)8-4-11)12-5-9-14(17)10-6-12;7-6-4-2-1-3-5-8-6/h3-10,16-17H,1-2H3;1-5H2. The molecule has 25 heavy (non-hydrogen) atoms. The van der Waals surface area contributed by atoms with E-state index in [2.05, 4.69) is 13.8 Å². The molecule has 1 heterocycles. The lowest BCUT2D eigenvalue weighted by molar-refractivity contribution is -0.142. The summed E-state index contributed by atoms with van der Waals surface area (Å²) in [5.41, 5.74) is 2.10. The zero-order valence-corrected chi connectivity index (χ0v) is 14.9. The SMILES string of the molecule is CC(C)(c1ccc(O)cc1)c1ccc(O)cc1.O=C1CCCCCO1. The normalized spacial score (nSPS) is 14.7. The minimum atomic E-state index is -0.151. The molecule has 0 bridgehead atoms. The van der Waals surface area contributed by atoms with Crippen LogP contribution in [0.3, 0.4) is 0 Å². The van der Waals surface area contributed by atoms with Gasteiger partial charge in [-0.3, -0.25) is 4.79 Å². The van der Waals surface area contributed by atoms with Crippen molar-refractivity contribution in [2.24, 2.45) is 0 Å². The van der Waals surface area contributed by atoms with Crippen molar-refractivity contribution in [1.29, 1.82) is 0 Å². The molecule has 0 radical (unpaired) electrons. The van der Waals surface area contributed by atoms with E-state index in [1.165, 1.54) is 0 Å². The van der Waals surface area contributed by atoms with Crippen LogP contribution in [-0.2, 0) is 14.9 Å². The van der Waals surface area contributed by atoms with Crippen LogP contribution < -0.4 is 0 Å². The first kappa shape index (κ1) is 18.8. The Bertz CT molecular complexity index is 615. The maximum Gasteiger partial charge on any atom is 0.305 e. The Morgan fingerprint density at radius 1 is 0.800 bits per heavy atom. The number of cyclic esters (lactones) is 1. The lowest BCUT2D eigenvalue weighted by Gasteiger charge is -2.26. The number of carbonyl (C=O) groups is 1. The van der Waals surface area contributed by atoms with E-state index in [4.69, 9.17) is 4.74 Å². The van der Waals surface area contributed by atoms with Gasteiger partial charge in [0.05, 0.1) is 6.61 Å². The zero-order chi connectivity index (χ0) is 18.3. The summed E-state index contributed by atoms with van der Waals surface area (Å²) in [6, 6.07) is 14.4. The molecule has 2 aromatic rings. The molecule has 0 spiro atoms. The third kappa shape index (κ3) is 5.52. The summed E-state index contributed by atoms with van der Waals surface area (Å²) < 4.78 is 4.76. The molecule has 2 aromatic carbocycles. The lowest BCUT2D eigenvalue weighted by Crippen LogP contribution is -2.18. The molecule has 1 saturated heterocycles. The highest BCUT2D eigenvalue weighted by molar-refractivity contribution is 5.69. The van der Waals surface area contributed by atoms with E-state index in [9.17, 15) is 15.0 Å². The van der Waals surface area contributed by atoms with Crippen LogP contribution in [0.2, 0.25) is 0 Å². The number of phenolic OH excluding ortho intramolecular Hbond substituents is 2. The molecule has 4 heteroatoms. The average molecular weight is 342 g/mol. The van der Waals surface area contributed by atoms with Crippen molar-refractivity contribution in [1.82, 2.24) is 0 Å². The van der Waals surface area contributed by atoms with Gasteiger partial charge in [0.1, 0.15) is 11.5 Å². The number of hydrogen-bond donors (Lipinski definition) is 2. The van der Waals surface area contributed by atoms with Gasteiger partial charge in [-0.15, -0.1) is 0 Å². The van der Waals surface area contributed by atoms with Gasteiger partial charge in [0.2, 0.25) is 0 Å². The van der Waals surface area contributed by atoms with E-state index in [-0.39, 0.29) is 22.9 Å². The highest BCUT2D eigenvalue weighted by Gasteiger charge is 2.22. The molecule has 1 aliphatic rings. The number of phenols is 2. The number of hydrogen-bond acceptors (Lipinski definition) is 4. The number of rotatable bonds is 2. The van der Waals surface area contributed by atoms with Gasteiger partial charge in [-0.1, -0.05) is 38.1 Å². The highest BCUT2D eigenvalue weighted by atomic mass is 16.5. The van der Waals surface area contributed by atoms with Crippen molar-refractivity contribution in [3.05, 3.63) is 59.7 Å². The van der Waals surface area contributed by atoms with Crippen LogP contribution in [0.1, 0.15) is 50.7 Å². The van der Waals surface area contributed by atoms with Crippen molar-refractivity contribution < 1.29 is 19.7 Å². The molecule has 0 saturated carbocycles. The number of carbonyl (C=O) groups excluding carboxylic acids is 1. The molecule has 0 aliphatic carbocycles. The van der Waals surface area contributed by atoms with Crippen LogP contribution >= 0.6 is 0 Å². The summed E-state index contributed by atoms with van der Waals surface area (Å²) in [5, 5.41) is 18.6. The summed E-state index contributed by atoms with van der Waals surface area (Å²) in [6.45, 7) is 4.87. The molecule has 1 aliphatic heterocycles. The van der Waals surface area contributed by atoms with E-state index >= 15 is 0 Å². The molecule has 1 fully saturated rings. The van der Waals surface area contributed by atoms with Gasteiger partial charge in [-0.2, -0.15) is 0 Å². The molecule has 0 aromatic heterocycles. The Kier molecular flexibility index (Phi) is 6.45. The summed E-state index contributed by atoms with van der Waals surface area (Å²) in [4.78, 5) is 10.5. The Hall–Kier alpha value is -2.49. The minimum absolute atomic E-state index is 0.0255. The third-order valence-electron chi connectivity index (χ3n) is 4.47. The first-order valence-corrected chi connectivity index (χ1v) is 8.64. The molecule has 2 N–H and O–H groups in total. The van der Waals surface area contributed by atoms with Gasteiger partial charge in [0.15, 0.2) is 0 Å². The van der Waals surface area contributed by atoms with Crippen LogP contribution in [0.25, 0.3) is 0 Å². The Labute approximate surface area is 149 Å². The number of benzene rings is 2. The average Bonchev–Trinajstić information content (AvgIpc) is 2.84. The van der Waals surface area contributed by atoms with E-state index in [0.29, 0.717) is 13.0 Å². The molecule has 134 valence electrons. The zero-order valence-electron chi connectivity index (χ0n) is 14.9. The summed E-state index contributed by atoms with van der Waals surface area (Å²) in [6.07, 6.45) is 3.83. The Morgan fingerprint density at radius 2 is 1.28 bits per heavy atom. The predicted octanol–water partition coefficient (Wildman–Crippen LogP) is 4.53. The van der Waals surface area contributed by atoms with E-state index in [1.54, 1.807) is 24.3 Å². The van der Waals surface area contributed by atoms with E-state index in [1.807, 2.05) is 24.3 Å². The van der Waals surface area contributed by atoms with Crippen molar-refractivity contribution in [3.63, 3.8) is 0 Å². The van der Waals surface area contributed by atoms with Crippen LogP contribution in [0.4, 0.5) is 0 Å². The second kappa shape index (κ2) is 8.56. The fourth-order valence-corrected chi connectivity index (χ4v) is 2.73. The third-order valence-corrected chi connectivity index (χ3v) is 4.47. The highest BCUT2D eigenvalue weighted by Crippen LogP contribution is 2.32. The molecular formula is C21H26O4. The first-order chi connectivity index (χ1) is 11.9. The van der Waals surface area contributed by atoms with Crippen molar-refractivity contribution >= 4 is 5.97 Å². The van der Waals surface area contributed by atoms with Crippen LogP contribution in [0, 0.1) is 0 Å². The Morgan fingerprint density at radius 3 is 1.76 bits per heavy atom. The Balaban J connectivity index is 0.000000236. The second-order valence-corrected chi connectivity index (χ2v) is 6.75. The number of ether oxygens (including phenoxy) is 1.